The van der Waals surface area contributed by atoms with Crippen LogP contribution in [0.4, 0.5) is 10.2 Å². The average Bonchev–Trinajstić information content (AvgIpc) is 3.38. The highest BCUT2D eigenvalue weighted by Gasteiger charge is 2.39. The summed E-state index contributed by atoms with van der Waals surface area (Å²) in [7, 11) is 0. The number of piperidine rings is 1. The van der Waals surface area contributed by atoms with Crippen LogP contribution >= 0.6 is 0 Å². The molecule has 1 aromatic carbocycles. The molecule has 2 fully saturated rings. The Kier molecular flexibility index (Phi) is 5.51. The van der Waals surface area contributed by atoms with Crippen LogP contribution in [0.5, 0.6) is 0 Å². The number of rotatable bonds is 7. The molecule has 1 aliphatic carbocycles. The average molecular weight is 478 g/mol. The van der Waals surface area contributed by atoms with Gasteiger partial charge in [-0.15, -0.1) is 0 Å². The number of hydrogen-bond donors (Lipinski definition) is 3. The van der Waals surface area contributed by atoms with Crippen molar-refractivity contribution in [3.63, 3.8) is 0 Å². The molecule has 0 radical (unpaired) electrons. The monoisotopic (exact) mass is 477 g/mol. The van der Waals surface area contributed by atoms with E-state index in [1.54, 1.807) is 29.2 Å². The van der Waals surface area contributed by atoms with Crippen LogP contribution < -0.4 is 10.2 Å². The highest BCUT2D eigenvalue weighted by atomic mass is 19.1. The van der Waals surface area contributed by atoms with Crippen molar-refractivity contribution >= 4 is 16.9 Å². The zero-order chi connectivity index (χ0) is 24.0. The number of aliphatic hydroxyl groups is 2. The number of aliphatic hydroxyl groups excluding tert-OH is 1. The summed E-state index contributed by atoms with van der Waals surface area (Å²) in [6, 6.07) is 9.21. The lowest BCUT2D eigenvalue weighted by Gasteiger charge is -2.37. The molecule has 4 heterocycles. The summed E-state index contributed by atoms with van der Waals surface area (Å²) in [5.74, 6) is 0.471. The van der Waals surface area contributed by atoms with E-state index in [4.69, 9.17) is 0 Å². The van der Waals surface area contributed by atoms with E-state index >= 15 is 4.39 Å². The fourth-order valence-electron chi connectivity index (χ4n) is 4.90. The number of halogens is 1. The Bertz CT molecular complexity index is 1340. The van der Waals surface area contributed by atoms with E-state index in [0.717, 1.165) is 24.0 Å². The summed E-state index contributed by atoms with van der Waals surface area (Å²) in [5, 5.41) is 29.6. The maximum atomic E-state index is 15.1. The minimum atomic E-state index is -1.22. The second kappa shape index (κ2) is 8.71. The molecule has 1 aliphatic heterocycles. The van der Waals surface area contributed by atoms with Crippen molar-refractivity contribution in [2.45, 2.75) is 50.1 Å². The summed E-state index contributed by atoms with van der Waals surface area (Å²) in [6.45, 7) is 1.63. The van der Waals surface area contributed by atoms with Crippen LogP contribution in [0.15, 0.2) is 55.2 Å². The number of β-amino-alcohol motifs (C(OH)–C–C–N with tert-alkyl or cyclic N) is 1. The standard InChI is InChI=1S/C25H28FN7O2/c26-21-12-19(33-10-1-8-30-33)3-2-17(21)14-32(18-4-5-18)24-20-6-11-31(23(20)28-16-29-24)15-25(35)7-9-27-13-22(25)34/h1-3,6,8,10-12,16,18,22,27,34-35H,4-5,7,9,13-15H2/t22-,25-/m0/s1. The Morgan fingerprint density at radius 3 is 2.83 bits per heavy atom. The van der Waals surface area contributed by atoms with E-state index in [1.807, 2.05) is 22.9 Å². The number of aromatic nitrogens is 5. The van der Waals surface area contributed by atoms with E-state index in [1.165, 1.54) is 12.4 Å². The fraction of sp³-hybridized carbons (Fsp3) is 0.400. The number of fused-ring (bicyclic) bond motifs is 1. The number of anilines is 1. The molecule has 0 spiro atoms. The van der Waals surface area contributed by atoms with Gasteiger partial charge in [-0.3, -0.25) is 0 Å². The number of nitrogens with one attached hydrogen (secondary N) is 1. The molecule has 0 bridgehead atoms. The van der Waals surface area contributed by atoms with Crippen LogP contribution in [-0.2, 0) is 13.1 Å². The van der Waals surface area contributed by atoms with Crippen LogP contribution in [0.2, 0.25) is 0 Å². The van der Waals surface area contributed by atoms with Gasteiger partial charge in [0, 0.05) is 43.3 Å². The van der Waals surface area contributed by atoms with Crippen molar-refractivity contribution in [2.75, 3.05) is 18.0 Å². The van der Waals surface area contributed by atoms with Crippen LogP contribution in [0, 0.1) is 5.82 Å². The molecule has 0 unspecified atom stereocenters. The summed E-state index contributed by atoms with van der Waals surface area (Å²) < 4.78 is 18.6. The molecule has 10 heteroatoms. The molecule has 1 saturated carbocycles. The molecular weight excluding hydrogens is 449 g/mol. The quantitative estimate of drug-likeness (QED) is 0.374. The van der Waals surface area contributed by atoms with Gasteiger partial charge in [-0.2, -0.15) is 5.10 Å². The van der Waals surface area contributed by atoms with Crippen molar-refractivity contribution in [3.8, 4) is 5.69 Å². The highest BCUT2D eigenvalue weighted by molar-refractivity contribution is 5.88. The third-order valence-corrected chi connectivity index (χ3v) is 7.08. The molecule has 1 saturated heterocycles. The zero-order valence-electron chi connectivity index (χ0n) is 19.3. The van der Waals surface area contributed by atoms with Gasteiger partial charge in [0.1, 0.15) is 29.2 Å². The Morgan fingerprint density at radius 2 is 2.09 bits per heavy atom. The van der Waals surface area contributed by atoms with Crippen LogP contribution in [-0.4, -0.2) is 65.4 Å². The summed E-state index contributed by atoms with van der Waals surface area (Å²) in [4.78, 5) is 11.2. The molecule has 35 heavy (non-hydrogen) atoms. The predicted molar refractivity (Wildman–Crippen MR) is 129 cm³/mol. The molecular formula is C25H28FN7O2. The second-order valence-corrected chi connectivity index (χ2v) is 9.54. The van der Waals surface area contributed by atoms with E-state index in [9.17, 15) is 10.2 Å². The SMILES string of the molecule is O[C@H]1CNCC[C@]1(O)Cn1ccc2c(N(Cc3ccc(-n4cccn4)cc3F)C3CC3)ncnc21. The van der Waals surface area contributed by atoms with Gasteiger partial charge in [-0.05, 0) is 50.1 Å². The van der Waals surface area contributed by atoms with Crippen molar-refractivity contribution in [3.05, 3.63) is 66.6 Å². The first kappa shape index (κ1) is 22.1. The lowest BCUT2D eigenvalue weighted by Crippen LogP contribution is -2.56. The molecule has 182 valence electrons. The maximum Gasteiger partial charge on any atom is 0.145 e. The normalized spacial score (nSPS) is 22.5. The van der Waals surface area contributed by atoms with E-state index in [-0.39, 0.29) is 18.4 Å². The van der Waals surface area contributed by atoms with Crippen molar-refractivity contribution in [1.82, 2.24) is 29.6 Å². The van der Waals surface area contributed by atoms with Gasteiger partial charge in [0.15, 0.2) is 0 Å². The van der Waals surface area contributed by atoms with Gasteiger partial charge in [0.2, 0.25) is 0 Å². The molecule has 3 aromatic heterocycles. The van der Waals surface area contributed by atoms with Gasteiger partial charge in [0.25, 0.3) is 0 Å². The fourth-order valence-corrected chi connectivity index (χ4v) is 4.90. The third kappa shape index (κ3) is 4.18. The van der Waals surface area contributed by atoms with Crippen LogP contribution in [0.1, 0.15) is 24.8 Å². The predicted octanol–water partition coefficient (Wildman–Crippen LogP) is 2.01. The first-order chi connectivity index (χ1) is 17.0. The number of benzene rings is 1. The Morgan fingerprint density at radius 1 is 1.20 bits per heavy atom. The first-order valence-corrected chi connectivity index (χ1v) is 12.0. The summed E-state index contributed by atoms with van der Waals surface area (Å²) >= 11 is 0. The van der Waals surface area contributed by atoms with E-state index < -0.39 is 11.7 Å². The topological polar surface area (TPSA) is 104 Å². The summed E-state index contributed by atoms with van der Waals surface area (Å²) in [5.41, 5.74) is 0.729. The molecule has 9 nitrogen and oxygen atoms in total. The molecule has 0 amide bonds. The van der Waals surface area contributed by atoms with Crippen LogP contribution in [0.3, 0.4) is 0 Å². The number of hydrogen-bond acceptors (Lipinski definition) is 7. The largest absolute Gasteiger partial charge is 0.389 e. The van der Waals surface area contributed by atoms with Crippen molar-refractivity contribution < 1.29 is 14.6 Å². The first-order valence-electron chi connectivity index (χ1n) is 12.0. The molecule has 2 aliphatic rings. The Balaban J connectivity index is 1.30. The van der Waals surface area contributed by atoms with E-state index in [0.29, 0.717) is 43.0 Å². The Hall–Kier alpha value is -3.34. The Labute approximate surface area is 201 Å². The van der Waals surface area contributed by atoms with Gasteiger partial charge >= 0.3 is 0 Å². The number of nitrogens with zero attached hydrogens (tertiary/aromatic N) is 6. The molecule has 6 rings (SSSR count). The van der Waals surface area contributed by atoms with Crippen molar-refractivity contribution in [1.29, 1.82) is 0 Å². The zero-order valence-corrected chi connectivity index (χ0v) is 19.3. The second-order valence-electron chi connectivity index (χ2n) is 9.54. The van der Waals surface area contributed by atoms with Gasteiger partial charge in [-0.1, -0.05) is 6.07 Å². The minimum absolute atomic E-state index is 0.239. The maximum absolute atomic E-state index is 15.1. The smallest absolute Gasteiger partial charge is 0.145 e. The van der Waals surface area contributed by atoms with Gasteiger partial charge in [-0.25, -0.2) is 19.0 Å². The van der Waals surface area contributed by atoms with Gasteiger partial charge < -0.3 is 25.0 Å². The summed E-state index contributed by atoms with van der Waals surface area (Å²) in [6.07, 6.45) is 8.49. The van der Waals surface area contributed by atoms with Crippen LogP contribution in [0.25, 0.3) is 16.7 Å². The lowest BCUT2D eigenvalue weighted by atomic mass is 9.89. The molecule has 3 N–H and O–H groups in total. The highest BCUT2D eigenvalue weighted by Crippen LogP contribution is 2.36. The van der Waals surface area contributed by atoms with Crippen molar-refractivity contribution in [2.24, 2.45) is 0 Å². The lowest BCUT2D eigenvalue weighted by molar-refractivity contribution is -0.101. The van der Waals surface area contributed by atoms with Gasteiger partial charge in [0.05, 0.1) is 23.7 Å². The minimum Gasteiger partial charge on any atom is -0.389 e. The van der Waals surface area contributed by atoms with E-state index in [2.05, 4.69) is 25.3 Å². The third-order valence-electron chi connectivity index (χ3n) is 7.08. The molecule has 2 atom stereocenters. The molecule has 4 aromatic rings.